The Hall–Kier alpha value is -2.25. The summed E-state index contributed by atoms with van der Waals surface area (Å²) < 4.78 is 2.13. The maximum atomic E-state index is 9.27. The lowest BCUT2D eigenvalue weighted by atomic mass is 10.2. The molecule has 3 rings (SSSR count). The number of rotatable bonds is 5. The van der Waals surface area contributed by atoms with Gasteiger partial charge in [0.15, 0.2) is 0 Å². The number of hydrogen-bond donors (Lipinski definition) is 2. The Morgan fingerprint density at radius 2 is 2.04 bits per heavy atom. The van der Waals surface area contributed by atoms with Gasteiger partial charge in [-0.15, -0.1) is 0 Å². The molecule has 0 saturated carbocycles. The van der Waals surface area contributed by atoms with Gasteiger partial charge in [0.25, 0.3) is 0 Å². The monoisotopic (exact) mass is 343 g/mol. The third kappa shape index (κ3) is 3.98. The maximum Gasteiger partial charge on any atom is 0.130 e. The van der Waals surface area contributed by atoms with Gasteiger partial charge in [-0.25, -0.2) is 4.98 Å². The molecule has 1 aliphatic heterocycles. The van der Waals surface area contributed by atoms with Crippen molar-refractivity contribution in [2.24, 2.45) is 4.99 Å². The van der Waals surface area contributed by atoms with E-state index in [4.69, 9.17) is 5.73 Å². The molecule has 3 N–H and O–H groups in total. The molecule has 0 spiro atoms. The van der Waals surface area contributed by atoms with Crippen LogP contribution < -0.4 is 10.6 Å². The number of phenolic OH excluding ortho intramolecular Hbond substituents is 1. The van der Waals surface area contributed by atoms with Gasteiger partial charge in [0, 0.05) is 42.8 Å². The average Bonchev–Trinajstić information content (AvgIpc) is 2.51. The molecule has 2 heterocycles. The fourth-order valence-electron chi connectivity index (χ4n) is 2.42. The largest absolute Gasteiger partial charge is 0.508 e. The number of anilines is 2. The minimum Gasteiger partial charge on any atom is -0.508 e. The van der Waals surface area contributed by atoms with Crippen molar-refractivity contribution < 1.29 is 5.11 Å². The second-order valence-electron chi connectivity index (χ2n) is 5.89. The van der Waals surface area contributed by atoms with Gasteiger partial charge < -0.3 is 15.7 Å². The second kappa shape index (κ2) is 7.11. The summed E-state index contributed by atoms with van der Waals surface area (Å²) in [6.45, 7) is 1.96. The molecule has 0 unspecified atom stereocenters. The van der Waals surface area contributed by atoms with Crippen molar-refractivity contribution in [1.29, 1.82) is 0 Å². The standard InChI is InChI=1S/C17H21N5OS/c1-21(2)24-15-10-22(11-15)17-7-16(18)12(9-20-17)8-19-13-3-5-14(23)6-4-13/h3-9,15,23H,10-11H2,1-2H3,(H2,18,20). The van der Waals surface area contributed by atoms with Gasteiger partial charge in [-0.05, 0) is 38.4 Å². The van der Waals surface area contributed by atoms with Crippen LogP contribution in [0, 0.1) is 0 Å². The van der Waals surface area contributed by atoms with Crippen molar-refractivity contribution in [1.82, 2.24) is 9.29 Å². The Morgan fingerprint density at radius 3 is 2.67 bits per heavy atom. The van der Waals surface area contributed by atoms with Crippen LogP contribution in [0.25, 0.3) is 0 Å². The number of nitrogen functional groups attached to an aromatic ring is 1. The van der Waals surface area contributed by atoms with Gasteiger partial charge in [-0.2, -0.15) is 0 Å². The summed E-state index contributed by atoms with van der Waals surface area (Å²) >= 11 is 1.85. The number of phenols is 1. The second-order valence-corrected chi connectivity index (χ2v) is 7.50. The summed E-state index contributed by atoms with van der Waals surface area (Å²) in [7, 11) is 4.12. The van der Waals surface area contributed by atoms with Crippen molar-refractivity contribution in [3.63, 3.8) is 0 Å². The van der Waals surface area contributed by atoms with Crippen LogP contribution in [0.4, 0.5) is 17.2 Å². The summed E-state index contributed by atoms with van der Waals surface area (Å²) in [6.07, 6.45) is 3.44. The zero-order valence-corrected chi connectivity index (χ0v) is 14.6. The van der Waals surface area contributed by atoms with Gasteiger partial charge in [0.2, 0.25) is 0 Å². The predicted molar refractivity (Wildman–Crippen MR) is 101 cm³/mol. The highest BCUT2D eigenvalue weighted by Crippen LogP contribution is 2.29. The van der Waals surface area contributed by atoms with Crippen LogP contribution in [-0.2, 0) is 0 Å². The van der Waals surface area contributed by atoms with Crippen molar-refractivity contribution >= 4 is 35.4 Å². The number of pyridine rings is 1. The van der Waals surface area contributed by atoms with Gasteiger partial charge >= 0.3 is 0 Å². The number of aromatic hydroxyl groups is 1. The maximum absolute atomic E-state index is 9.27. The lowest BCUT2D eigenvalue weighted by Crippen LogP contribution is -2.50. The lowest BCUT2D eigenvalue weighted by Gasteiger charge is -2.40. The summed E-state index contributed by atoms with van der Waals surface area (Å²) in [5.41, 5.74) is 8.33. The van der Waals surface area contributed by atoms with E-state index in [0.717, 1.165) is 30.2 Å². The molecule has 1 fully saturated rings. The van der Waals surface area contributed by atoms with E-state index in [2.05, 4.69) is 33.3 Å². The Kier molecular flexibility index (Phi) is 4.92. The van der Waals surface area contributed by atoms with Crippen LogP contribution in [0.5, 0.6) is 5.75 Å². The first-order valence-corrected chi connectivity index (χ1v) is 8.52. The third-order valence-corrected chi connectivity index (χ3v) is 4.71. The van der Waals surface area contributed by atoms with E-state index >= 15 is 0 Å². The van der Waals surface area contributed by atoms with Crippen LogP contribution in [-0.4, -0.2) is 53.0 Å². The molecular formula is C17H21N5OS. The molecular weight excluding hydrogens is 322 g/mol. The van der Waals surface area contributed by atoms with E-state index in [1.807, 2.05) is 18.0 Å². The summed E-state index contributed by atoms with van der Waals surface area (Å²) in [6, 6.07) is 8.58. The van der Waals surface area contributed by atoms with Gasteiger partial charge in [0.05, 0.1) is 10.9 Å². The van der Waals surface area contributed by atoms with E-state index in [1.54, 1.807) is 36.7 Å². The first-order valence-electron chi connectivity index (χ1n) is 7.69. The normalized spacial score (nSPS) is 15.2. The van der Waals surface area contributed by atoms with E-state index in [9.17, 15) is 5.11 Å². The molecule has 1 aromatic carbocycles. The fourth-order valence-corrected chi connectivity index (χ4v) is 3.51. The van der Waals surface area contributed by atoms with Crippen molar-refractivity contribution in [3.8, 4) is 5.75 Å². The molecule has 0 aliphatic carbocycles. The molecule has 0 amide bonds. The van der Waals surface area contributed by atoms with Crippen molar-refractivity contribution in [3.05, 3.63) is 42.1 Å². The number of nitrogens with two attached hydrogens (primary N) is 1. The SMILES string of the molecule is CN(C)SC1CN(c2cc(N)c(C=Nc3ccc(O)cc3)cn2)C1. The topological polar surface area (TPSA) is 78.0 Å². The van der Waals surface area contributed by atoms with Crippen molar-refractivity contribution in [2.45, 2.75) is 5.25 Å². The molecule has 0 atom stereocenters. The number of aliphatic imine (C=N–C) groups is 1. The molecule has 126 valence electrons. The Labute approximate surface area is 146 Å². The summed E-state index contributed by atoms with van der Waals surface area (Å²) in [5, 5.41) is 9.88. The van der Waals surface area contributed by atoms with Gasteiger partial charge in [0.1, 0.15) is 11.6 Å². The van der Waals surface area contributed by atoms with E-state index < -0.39 is 0 Å². The molecule has 1 aliphatic rings. The van der Waals surface area contributed by atoms with E-state index in [0.29, 0.717) is 10.9 Å². The number of nitrogens with zero attached hydrogens (tertiary/aromatic N) is 4. The summed E-state index contributed by atoms with van der Waals surface area (Å²) in [5.74, 6) is 1.13. The van der Waals surface area contributed by atoms with Crippen LogP contribution in [0.2, 0.25) is 0 Å². The Balaban J connectivity index is 1.64. The average molecular weight is 343 g/mol. The Morgan fingerprint density at radius 1 is 1.33 bits per heavy atom. The minimum atomic E-state index is 0.222. The molecule has 6 nitrogen and oxygen atoms in total. The van der Waals surface area contributed by atoms with Crippen LogP contribution in [0.3, 0.4) is 0 Å². The van der Waals surface area contributed by atoms with Crippen molar-refractivity contribution in [2.75, 3.05) is 37.8 Å². The number of benzene rings is 1. The van der Waals surface area contributed by atoms with Gasteiger partial charge in [-0.1, -0.05) is 11.9 Å². The summed E-state index contributed by atoms with van der Waals surface area (Å²) in [4.78, 5) is 11.1. The quantitative estimate of drug-likeness (QED) is 0.642. The number of aromatic nitrogens is 1. The fraction of sp³-hybridized carbons (Fsp3) is 0.294. The van der Waals surface area contributed by atoms with Crippen LogP contribution in [0.1, 0.15) is 5.56 Å². The highest BCUT2D eigenvalue weighted by atomic mass is 32.2. The molecule has 1 aromatic heterocycles. The smallest absolute Gasteiger partial charge is 0.130 e. The molecule has 2 aromatic rings. The lowest BCUT2D eigenvalue weighted by molar-refractivity contribution is 0.475. The van der Waals surface area contributed by atoms with Crippen LogP contribution >= 0.6 is 11.9 Å². The molecule has 1 saturated heterocycles. The molecule has 7 heteroatoms. The van der Waals surface area contributed by atoms with Crippen LogP contribution in [0.15, 0.2) is 41.5 Å². The highest BCUT2D eigenvalue weighted by molar-refractivity contribution is 7.97. The molecule has 0 bridgehead atoms. The molecule has 0 radical (unpaired) electrons. The van der Waals surface area contributed by atoms with Gasteiger partial charge in [-0.3, -0.25) is 9.30 Å². The zero-order valence-electron chi connectivity index (χ0n) is 13.8. The number of hydrogen-bond acceptors (Lipinski definition) is 7. The van der Waals surface area contributed by atoms with E-state index in [-0.39, 0.29) is 5.75 Å². The van der Waals surface area contributed by atoms with E-state index in [1.165, 1.54) is 0 Å². The molecule has 24 heavy (non-hydrogen) atoms. The first-order chi connectivity index (χ1) is 11.5. The minimum absolute atomic E-state index is 0.222. The Bertz CT molecular complexity index is 726. The highest BCUT2D eigenvalue weighted by Gasteiger charge is 2.29. The third-order valence-electron chi connectivity index (χ3n) is 3.69. The first kappa shape index (κ1) is 16.6. The predicted octanol–water partition coefficient (Wildman–Crippen LogP) is 2.52. The zero-order chi connectivity index (χ0) is 17.1.